The lowest BCUT2D eigenvalue weighted by Gasteiger charge is -2.55. The fourth-order valence-electron chi connectivity index (χ4n) is 1.77. The standard InChI is InChI=1S/C9H15N3O/c1-11-3-2-8(10)12-4-9(5-12)6-13-7-9/h2-3,10-11H,4-7H2,1H3/b3-2-,10-8?. The molecular formula is C9H15N3O. The van der Waals surface area contributed by atoms with Crippen molar-refractivity contribution < 1.29 is 4.74 Å². The summed E-state index contributed by atoms with van der Waals surface area (Å²) in [7, 11) is 1.83. The van der Waals surface area contributed by atoms with E-state index in [9.17, 15) is 0 Å². The predicted octanol–water partition coefficient (Wildman–Crippen LogP) is 0.0290. The van der Waals surface area contributed by atoms with Crippen LogP contribution in [-0.2, 0) is 4.74 Å². The van der Waals surface area contributed by atoms with Gasteiger partial charge in [0.15, 0.2) is 0 Å². The molecule has 13 heavy (non-hydrogen) atoms. The van der Waals surface area contributed by atoms with Crippen LogP contribution >= 0.6 is 0 Å². The lowest BCUT2D eigenvalue weighted by molar-refractivity contribution is -0.170. The van der Waals surface area contributed by atoms with Crippen molar-refractivity contribution in [3.05, 3.63) is 12.3 Å². The van der Waals surface area contributed by atoms with Crippen LogP contribution < -0.4 is 5.32 Å². The van der Waals surface area contributed by atoms with Crippen molar-refractivity contribution in [3.63, 3.8) is 0 Å². The molecule has 2 fully saturated rings. The van der Waals surface area contributed by atoms with Gasteiger partial charge in [-0.3, -0.25) is 5.41 Å². The van der Waals surface area contributed by atoms with E-state index < -0.39 is 0 Å². The zero-order chi connectivity index (χ0) is 9.31. The van der Waals surface area contributed by atoms with E-state index >= 15 is 0 Å². The number of likely N-dealkylation sites (tertiary alicyclic amines) is 1. The Balaban J connectivity index is 1.79. The molecule has 0 aromatic heterocycles. The fourth-order valence-corrected chi connectivity index (χ4v) is 1.77. The molecule has 2 heterocycles. The summed E-state index contributed by atoms with van der Waals surface area (Å²) in [6, 6.07) is 0. The molecule has 2 N–H and O–H groups in total. The number of hydrogen-bond acceptors (Lipinski definition) is 3. The Labute approximate surface area is 78.1 Å². The Hall–Kier alpha value is -1.03. The van der Waals surface area contributed by atoms with Gasteiger partial charge >= 0.3 is 0 Å². The number of amidine groups is 1. The second kappa shape index (κ2) is 3.03. The number of nitrogens with one attached hydrogen (secondary N) is 2. The molecule has 0 aromatic carbocycles. The van der Waals surface area contributed by atoms with E-state index in [1.54, 1.807) is 12.3 Å². The molecule has 0 radical (unpaired) electrons. The van der Waals surface area contributed by atoms with Crippen molar-refractivity contribution in [3.8, 4) is 0 Å². The molecule has 0 unspecified atom stereocenters. The highest BCUT2D eigenvalue weighted by Gasteiger charge is 2.49. The Morgan fingerprint density at radius 3 is 2.69 bits per heavy atom. The summed E-state index contributed by atoms with van der Waals surface area (Å²) < 4.78 is 5.16. The van der Waals surface area contributed by atoms with Gasteiger partial charge in [0, 0.05) is 20.1 Å². The Morgan fingerprint density at radius 1 is 1.54 bits per heavy atom. The molecule has 4 heteroatoms. The molecule has 0 aromatic rings. The zero-order valence-corrected chi connectivity index (χ0v) is 7.84. The van der Waals surface area contributed by atoms with E-state index in [0.717, 1.165) is 26.3 Å². The lowest BCUT2D eigenvalue weighted by Crippen LogP contribution is -2.66. The first-order valence-corrected chi connectivity index (χ1v) is 4.51. The average Bonchev–Trinajstić information content (AvgIpc) is 1.95. The van der Waals surface area contributed by atoms with Gasteiger partial charge in [-0.25, -0.2) is 0 Å². The van der Waals surface area contributed by atoms with Gasteiger partial charge in [-0.15, -0.1) is 0 Å². The summed E-state index contributed by atoms with van der Waals surface area (Å²) in [5, 5.41) is 10.6. The fraction of sp³-hybridized carbons (Fsp3) is 0.667. The molecule has 2 aliphatic rings. The first kappa shape index (κ1) is 8.56. The van der Waals surface area contributed by atoms with E-state index in [0.29, 0.717) is 11.3 Å². The van der Waals surface area contributed by atoms with Crippen molar-refractivity contribution in [2.75, 3.05) is 33.4 Å². The van der Waals surface area contributed by atoms with Gasteiger partial charge in [0.2, 0.25) is 0 Å². The summed E-state index contributed by atoms with van der Waals surface area (Å²) in [5.74, 6) is 0.590. The third-order valence-electron chi connectivity index (χ3n) is 2.62. The average molecular weight is 181 g/mol. The molecule has 0 atom stereocenters. The Bertz CT molecular complexity index is 237. The highest BCUT2D eigenvalue weighted by atomic mass is 16.5. The first-order valence-electron chi connectivity index (χ1n) is 4.51. The van der Waals surface area contributed by atoms with Gasteiger partial charge in [0.05, 0.1) is 18.6 Å². The van der Waals surface area contributed by atoms with Crippen LogP contribution in [0.5, 0.6) is 0 Å². The minimum absolute atomic E-state index is 0.403. The molecule has 0 bridgehead atoms. The van der Waals surface area contributed by atoms with Gasteiger partial charge in [0.1, 0.15) is 5.84 Å². The third kappa shape index (κ3) is 1.42. The summed E-state index contributed by atoms with van der Waals surface area (Å²) in [4.78, 5) is 2.07. The molecule has 2 rings (SSSR count). The van der Waals surface area contributed by atoms with Crippen molar-refractivity contribution >= 4 is 5.84 Å². The highest BCUT2D eigenvalue weighted by molar-refractivity contribution is 5.90. The molecule has 0 saturated carbocycles. The summed E-state index contributed by atoms with van der Waals surface area (Å²) in [6.07, 6.45) is 3.57. The minimum Gasteiger partial charge on any atom is -0.394 e. The largest absolute Gasteiger partial charge is 0.394 e. The monoisotopic (exact) mass is 181 g/mol. The van der Waals surface area contributed by atoms with Crippen LogP contribution in [0, 0.1) is 10.8 Å². The maximum absolute atomic E-state index is 7.68. The maximum atomic E-state index is 7.68. The smallest absolute Gasteiger partial charge is 0.122 e. The molecule has 2 saturated heterocycles. The topological polar surface area (TPSA) is 48.4 Å². The first-order chi connectivity index (χ1) is 6.26. The quantitative estimate of drug-likeness (QED) is 0.467. The maximum Gasteiger partial charge on any atom is 0.122 e. The van der Waals surface area contributed by atoms with Crippen LogP contribution in [0.1, 0.15) is 0 Å². The highest BCUT2D eigenvalue weighted by Crippen LogP contribution is 2.37. The molecule has 0 amide bonds. The molecule has 2 aliphatic heterocycles. The van der Waals surface area contributed by atoms with Crippen molar-refractivity contribution in [2.45, 2.75) is 0 Å². The van der Waals surface area contributed by atoms with Crippen LogP contribution in [0.3, 0.4) is 0 Å². The van der Waals surface area contributed by atoms with E-state index in [1.807, 2.05) is 7.05 Å². The van der Waals surface area contributed by atoms with Crippen molar-refractivity contribution in [2.24, 2.45) is 5.41 Å². The van der Waals surface area contributed by atoms with Crippen LogP contribution in [0.2, 0.25) is 0 Å². The second-order valence-corrected chi connectivity index (χ2v) is 3.86. The normalized spacial score (nSPS) is 24.2. The minimum atomic E-state index is 0.403. The van der Waals surface area contributed by atoms with E-state index in [1.165, 1.54) is 0 Å². The molecule has 72 valence electrons. The summed E-state index contributed by atoms with van der Waals surface area (Å²) in [5.41, 5.74) is 0.403. The summed E-state index contributed by atoms with van der Waals surface area (Å²) in [6.45, 7) is 3.73. The van der Waals surface area contributed by atoms with E-state index in [2.05, 4.69) is 10.2 Å². The number of rotatable bonds is 2. The number of nitrogens with zero attached hydrogens (tertiary/aromatic N) is 1. The SMILES string of the molecule is CN/C=C\C(=N)N1CC2(COC2)C1. The number of hydrogen-bond donors (Lipinski definition) is 2. The van der Waals surface area contributed by atoms with E-state index in [-0.39, 0.29) is 0 Å². The van der Waals surface area contributed by atoms with Gasteiger partial charge < -0.3 is 15.0 Å². The predicted molar refractivity (Wildman–Crippen MR) is 50.8 cm³/mol. The van der Waals surface area contributed by atoms with Crippen LogP contribution in [0.25, 0.3) is 0 Å². The number of ether oxygens (including phenoxy) is 1. The Morgan fingerprint density at radius 2 is 2.23 bits per heavy atom. The molecule has 1 spiro atoms. The van der Waals surface area contributed by atoms with Gasteiger partial charge in [-0.05, 0) is 12.3 Å². The second-order valence-electron chi connectivity index (χ2n) is 3.86. The van der Waals surface area contributed by atoms with Crippen LogP contribution in [0.15, 0.2) is 12.3 Å². The lowest BCUT2D eigenvalue weighted by atomic mass is 9.78. The third-order valence-corrected chi connectivity index (χ3v) is 2.62. The van der Waals surface area contributed by atoms with E-state index in [4.69, 9.17) is 10.1 Å². The zero-order valence-electron chi connectivity index (χ0n) is 7.84. The van der Waals surface area contributed by atoms with Gasteiger partial charge in [-0.1, -0.05) is 0 Å². The molecular weight excluding hydrogens is 166 g/mol. The van der Waals surface area contributed by atoms with Crippen molar-refractivity contribution in [1.29, 1.82) is 5.41 Å². The van der Waals surface area contributed by atoms with Crippen molar-refractivity contribution in [1.82, 2.24) is 10.2 Å². The van der Waals surface area contributed by atoms with Crippen LogP contribution in [-0.4, -0.2) is 44.1 Å². The molecule has 4 nitrogen and oxygen atoms in total. The Kier molecular flexibility index (Phi) is 2.00. The molecule has 0 aliphatic carbocycles. The van der Waals surface area contributed by atoms with Gasteiger partial charge in [0.25, 0.3) is 0 Å². The summed E-state index contributed by atoms with van der Waals surface area (Å²) >= 11 is 0. The van der Waals surface area contributed by atoms with Crippen LogP contribution in [0.4, 0.5) is 0 Å². The van der Waals surface area contributed by atoms with Gasteiger partial charge in [-0.2, -0.15) is 0 Å².